The number of halogens is 2. The summed E-state index contributed by atoms with van der Waals surface area (Å²) in [5, 5.41) is 2.69. The Bertz CT molecular complexity index is 581. The molecule has 0 radical (unpaired) electrons. The van der Waals surface area contributed by atoms with Gasteiger partial charge < -0.3 is 15.1 Å². The molecule has 0 aliphatic carbocycles. The SMILES string of the molecule is O=C(c1ccnc(F)c1F)N1CCN2C(=O)NCC2C1. The fraction of sp³-hybridized carbons (Fsp3) is 0.417. The molecule has 0 saturated carbocycles. The maximum absolute atomic E-state index is 13.6. The van der Waals surface area contributed by atoms with Gasteiger partial charge in [0, 0.05) is 32.4 Å². The van der Waals surface area contributed by atoms with Crippen molar-refractivity contribution >= 4 is 11.9 Å². The van der Waals surface area contributed by atoms with Gasteiger partial charge in [-0.2, -0.15) is 4.39 Å². The predicted molar refractivity (Wildman–Crippen MR) is 63.9 cm³/mol. The lowest BCUT2D eigenvalue weighted by molar-refractivity contribution is 0.0611. The van der Waals surface area contributed by atoms with Gasteiger partial charge in [0.2, 0.25) is 5.95 Å². The zero-order valence-electron chi connectivity index (χ0n) is 10.5. The van der Waals surface area contributed by atoms with Crippen LogP contribution in [0.1, 0.15) is 10.4 Å². The van der Waals surface area contributed by atoms with Crippen LogP contribution >= 0.6 is 0 Å². The van der Waals surface area contributed by atoms with Crippen LogP contribution in [0.5, 0.6) is 0 Å². The zero-order valence-corrected chi connectivity index (χ0v) is 10.5. The number of carbonyl (C=O) groups excluding carboxylic acids is 2. The lowest BCUT2D eigenvalue weighted by Crippen LogP contribution is -2.53. The van der Waals surface area contributed by atoms with Crippen LogP contribution < -0.4 is 5.32 Å². The van der Waals surface area contributed by atoms with Crippen molar-refractivity contribution in [2.45, 2.75) is 6.04 Å². The Morgan fingerprint density at radius 1 is 1.40 bits per heavy atom. The van der Waals surface area contributed by atoms with Crippen molar-refractivity contribution in [3.63, 3.8) is 0 Å². The van der Waals surface area contributed by atoms with E-state index >= 15 is 0 Å². The third kappa shape index (κ3) is 1.97. The third-order valence-corrected chi connectivity index (χ3v) is 3.60. The smallest absolute Gasteiger partial charge is 0.317 e. The van der Waals surface area contributed by atoms with Crippen LogP contribution in [0.4, 0.5) is 13.6 Å². The first-order valence-electron chi connectivity index (χ1n) is 6.21. The second kappa shape index (κ2) is 4.69. The second-order valence-electron chi connectivity index (χ2n) is 4.75. The van der Waals surface area contributed by atoms with Gasteiger partial charge in [-0.05, 0) is 6.07 Å². The highest BCUT2D eigenvalue weighted by molar-refractivity contribution is 5.94. The number of piperazine rings is 1. The number of aromatic nitrogens is 1. The van der Waals surface area contributed by atoms with Crippen LogP contribution in [-0.4, -0.2) is 58.9 Å². The van der Waals surface area contributed by atoms with Crippen LogP contribution in [0.25, 0.3) is 0 Å². The molecule has 2 aliphatic rings. The van der Waals surface area contributed by atoms with Crippen molar-refractivity contribution in [3.8, 4) is 0 Å². The maximum Gasteiger partial charge on any atom is 0.317 e. The monoisotopic (exact) mass is 282 g/mol. The number of hydrogen-bond donors (Lipinski definition) is 1. The van der Waals surface area contributed by atoms with Crippen LogP contribution in [-0.2, 0) is 0 Å². The van der Waals surface area contributed by atoms with Crippen LogP contribution in [0.15, 0.2) is 12.3 Å². The zero-order chi connectivity index (χ0) is 14.3. The molecule has 3 heterocycles. The standard InChI is InChI=1S/C12H12F2N4O2/c13-9-8(1-2-15-10(9)14)11(19)17-3-4-18-7(6-17)5-16-12(18)20/h1-2,7H,3-6H2,(H,16,20). The summed E-state index contributed by atoms with van der Waals surface area (Å²) in [7, 11) is 0. The molecule has 2 saturated heterocycles. The fourth-order valence-corrected chi connectivity index (χ4v) is 2.54. The lowest BCUT2D eigenvalue weighted by atomic mass is 10.1. The summed E-state index contributed by atoms with van der Waals surface area (Å²) in [5.74, 6) is -3.10. The number of carbonyl (C=O) groups is 2. The average Bonchev–Trinajstić information content (AvgIpc) is 2.82. The summed E-state index contributed by atoms with van der Waals surface area (Å²) in [6, 6.07) is 0.892. The highest BCUT2D eigenvalue weighted by atomic mass is 19.2. The molecule has 0 spiro atoms. The summed E-state index contributed by atoms with van der Waals surface area (Å²) in [4.78, 5) is 29.9. The van der Waals surface area contributed by atoms with Crippen molar-refractivity contribution in [1.82, 2.24) is 20.1 Å². The first-order chi connectivity index (χ1) is 9.58. The van der Waals surface area contributed by atoms with E-state index in [4.69, 9.17) is 0 Å². The van der Waals surface area contributed by atoms with Gasteiger partial charge in [-0.1, -0.05) is 0 Å². The van der Waals surface area contributed by atoms with Crippen LogP contribution in [0.2, 0.25) is 0 Å². The molecule has 2 aliphatic heterocycles. The van der Waals surface area contributed by atoms with Gasteiger partial charge in [-0.15, -0.1) is 0 Å². The summed E-state index contributed by atoms with van der Waals surface area (Å²) in [6.07, 6.45) is 1.06. The van der Waals surface area contributed by atoms with Gasteiger partial charge in [0.25, 0.3) is 5.91 Å². The molecule has 20 heavy (non-hydrogen) atoms. The molecule has 1 aromatic rings. The second-order valence-corrected chi connectivity index (χ2v) is 4.75. The van der Waals surface area contributed by atoms with Crippen LogP contribution in [0.3, 0.4) is 0 Å². The maximum atomic E-state index is 13.6. The Balaban J connectivity index is 1.79. The quantitative estimate of drug-likeness (QED) is 0.749. The highest BCUT2D eigenvalue weighted by Gasteiger charge is 2.37. The molecule has 106 valence electrons. The van der Waals surface area contributed by atoms with E-state index in [2.05, 4.69) is 10.3 Å². The first kappa shape index (κ1) is 12.8. The summed E-state index contributed by atoms with van der Waals surface area (Å²) in [6.45, 7) is 1.44. The van der Waals surface area contributed by atoms with Gasteiger partial charge in [0.1, 0.15) is 0 Å². The predicted octanol–water partition coefficient (Wildman–Crippen LogP) is 0.209. The normalized spacial score (nSPS) is 21.7. The van der Waals surface area contributed by atoms with Crippen LogP contribution in [0, 0.1) is 11.8 Å². The van der Waals surface area contributed by atoms with Gasteiger partial charge in [-0.25, -0.2) is 14.2 Å². The highest BCUT2D eigenvalue weighted by Crippen LogP contribution is 2.18. The van der Waals surface area contributed by atoms with Gasteiger partial charge in [0.05, 0.1) is 11.6 Å². The summed E-state index contributed by atoms with van der Waals surface area (Å²) >= 11 is 0. The van der Waals surface area contributed by atoms with E-state index in [0.29, 0.717) is 26.2 Å². The molecule has 1 atom stereocenters. The van der Waals surface area contributed by atoms with Gasteiger partial charge in [0.15, 0.2) is 5.82 Å². The van der Waals surface area contributed by atoms with E-state index in [-0.39, 0.29) is 17.6 Å². The van der Waals surface area contributed by atoms with Gasteiger partial charge in [-0.3, -0.25) is 4.79 Å². The first-order valence-corrected chi connectivity index (χ1v) is 6.21. The topological polar surface area (TPSA) is 65.5 Å². The molecule has 0 aromatic carbocycles. The Hall–Kier alpha value is -2.25. The van der Waals surface area contributed by atoms with E-state index in [1.807, 2.05) is 0 Å². The van der Waals surface area contributed by atoms with Crippen molar-refractivity contribution in [3.05, 3.63) is 29.6 Å². The molecule has 6 nitrogen and oxygen atoms in total. The number of rotatable bonds is 1. The Kier molecular flexibility index (Phi) is 3.00. The van der Waals surface area contributed by atoms with Crippen molar-refractivity contribution in [1.29, 1.82) is 0 Å². The largest absolute Gasteiger partial charge is 0.336 e. The van der Waals surface area contributed by atoms with E-state index in [1.54, 1.807) is 4.90 Å². The number of nitrogens with zero attached hydrogens (tertiary/aromatic N) is 3. The Morgan fingerprint density at radius 3 is 3.00 bits per heavy atom. The molecule has 3 rings (SSSR count). The molecular weight excluding hydrogens is 270 g/mol. The molecule has 1 unspecified atom stereocenters. The van der Waals surface area contributed by atoms with Crippen molar-refractivity contribution < 1.29 is 18.4 Å². The minimum Gasteiger partial charge on any atom is -0.336 e. The minimum atomic E-state index is -1.29. The molecule has 1 N–H and O–H groups in total. The summed E-state index contributed by atoms with van der Waals surface area (Å²) < 4.78 is 26.6. The van der Waals surface area contributed by atoms with E-state index in [9.17, 15) is 18.4 Å². The number of amides is 3. The van der Waals surface area contributed by atoms with Gasteiger partial charge >= 0.3 is 6.03 Å². The van der Waals surface area contributed by atoms with E-state index in [0.717, 1.165) is 12.3 Å². The molecule has 2 fully saturated rings. The molecule has 8 heteroatoms. The number of pyridine rings is 1. The molecule has 0 bridgehead atoms. The van der Waals surface area contributed by atoms with Crippen molar-refractivity contribution in [2.75, 3.05) is 26.2 Å². The molecular formula is C12H12F2N4O2. The average molecular weight is 282 g/mol. The summed E-state index contributed by atoms with van der Waals surface area (Å²) in [5.41, 5.74) is -0.330. The van der Waals surface area contributed by atoms with E-state index < -0.39 is 17.7 Å². The number of nitrogens with one attached hydrogen (secondary N) is 1. The lowest BCUT2D eigenvalue weighted by Gasteiger charge is -2.36. The minimum absolute atomic E-state index is 0.116. The number of hydrogen-bond acceptors (Lipinski definition) is 3. The van der Waals surface area contributed by atoms with E-state index in [1.165, 1.54) is 4.90 Å². The fourth-order valence-electron chi connectivity index (χ4n) is 2.54. The third-order valence-electron chi connectivity index (χ3n) is 3.60. The Morgan fingerprint density at radius 2 is 2.20 bits per heavy atom. The molecule has 1 aromatic heterocycles. The van der Waals surface area contributed by atoms with Crippen molar-refractivity contribution in [2.24, 2.45) is 0 Å². The number of fused-ring (bicyclic) bond motifs is 1. The number of urea groups is 1. The molecule has 3 amide bonds. The Labute approximate surface area is 113 Å².